The Bertz CT molecular complexity index is 533. The minimum absolute atomic E-state index is 0. The number of nitrogens with zero attached hydrogens (tertiary/aromatic N) is 2. The smallest absolute Gasteiger partial charge is 0.109 e. The van der Waals surface area contributed by atoms with E-state index in [1.165, 1.54) is 62.7 Å². The molecule has 22 heavy (non-hydrogen) atoms. The number of unbranched alkanes of at least 4 members (excludes halogenated alkanes) is 6. The fourth-order valence-corrected chi connectivity index (χ4v) is 3.02. The van der Waals surface area contributed by atoms with E-state index in [0.29, 0.717) is 0 Å². The number of imidazole rings is 1. The molecule has 0 unspecified atom stereocenters. The van der Waals surface area contributed by atoms with E-state index in [0.717, 1.165) is 18.5 Å². The van der Waals surface area contributed by atoms with Crippen molar-refractivity contribution in [2.75, 3.05) is 0 Å². The fourth-order valence-electron chi connectivity index (χ4n) is 3.02. The standard InChI is InChI=1S/C19H30N2.ClH/c1-3-5-6-7-8-9-12-16-21-18-15-11-10-14-17(18)20-19(21)13-4-2;/h10-11,14-15H,3-9,12-13,16H2,1-2H3;1H. The normalized spacial score (nSPS) is 10.8. The molecule has 0 aliphatic rings. The Labute approximate surface area is 141 Å². The van der Waals surface area contributed by atoms with Crippen LogP contribution in [0.4, 0.5) is 0 Å². The number of fused-ring (bicyclic) bond motifs is 1. The molecule has 0 radical (unpaired) electrons. The second kappa shape index (κ2) is 10.7. The number of hydrogen-bond donors (Lipinski definition) is 0. The minimum atomic E-state index is 0. The first-order valence-electron chi connectivity index (χ1n) is 8.81. The van der Waals surface area contributed by atoms with Gasteiger partial charge in [-0.3, -0.25) is 0 Å². The van der Waals surface area contributed by atoms with Gasteiger partial charge in [0.2, 0.25) is 0 Å². The third-order valence-corrected chi connectivity index (χ3v) is 4.19. The molecule has 0 spiro atoms. The summed E-state index contributed by atoms with van der Waals surface area (Å²) >= 11 is 0. The van der Waals surface area contributed by atoms with Gasteiger partial charge in [-0.15, -0.1) is 12.4 Å². The zero-order valence-corrected chi connectivity index (χ0v) is 15.0. The molecule has 2 aromatic rings. The van der Waals surface area contributed by atoms with Crippen molar-refractivity contribution < 1.29 is 0 Å². The summed E-state index contributed by atoms with van der Waals surface area (Å²) < 4.78 is 2.45. The Balaban J connectivity index is 0.00000242. The van der Waals surface area contributed by atoms with E-state index < -0.39 is 0 Å². The zero-order valence-electron chi connectivity index (χ0n) is 14.2. The Hall–Kier alpha value is -1.02. The Morgan fingerprint density at radius 1 is 0.864 bits per heavy atom. The summed E-state index contributed by atoms with van der Waals surface area (Å²) in [4.78, 5) is 4.80. The summed E-state index contributed by atoms with van der Waals surface area (Å²) in [5, 5.41) is 0. The van der Waals surface area contributed by atoms with Crippen LogP contribution in [-0.2, 0) is 13.0 Å². The van der Waals surface area contributed by atoms with Crippen LogP contribution in [0.5, 0.6) is 0 Å². The van der Waals surface area contributed by atoms with Crippen LogP contribution in [0.3, 0.4) is 0 Å². The third kappa shape index (κ3) is 5.31. The minimum Gasteiger partial charge on any atom is -0.328 e. The molecular weight excluding hydrogens is 292 g/mol. The molecular formula is C19H31ClN2. The summed E-state index contributed by atoms with van der Waals surface area (Å²) in [6.07, 6.45) is 11.8. The summed E-state index contributed by atoms with van der Waals surface area (Å²) in [5.74, 6) is 1.27. The topological polar surface area (TPSA) is 17.8 Å². The lowest BCUT2D eigenvalue weighted by molar-refractivity contribution is 0.544. The zero-order chi connectivity index (χ0) is 14.9. The molecule has 0 bridgehead atoms. The highest BCUT2D eigenvalue weighted by molar-refractivity contribution is 5.85. The van der Waals surface area contributed by atoms with Gasteiger partial charge in [-0.05, 0) is 25.0 Å². The van der Waals surface area contributed by atoms with E-state index in [4.69, 9.17) is 4.98 Å². The lowest BCUT2D eigenvalue weighted by Gasteiger charge is -2.08. The molecule has 0 fully saturated rings. The molecule has 0 amide bonds. The molecule has 0 saturated carbocycles. The lowest BCUT2D eigenvalue weighted by Crippen LogP contribution is -2.04. The van der Waals surface area contributed by atoms with Gasteiger partial charge >= 0.3 is 0 Å². The number of aryl methyl sites for hydroxylation is 2. The first-order valence-corrected chi connectivity index (χ1v) is 8.81. The molecule has 1 aromatic heterocycles. The first-order chi connectivity index (χ1) is 10.4. The molecule has 0 aliphatic carbocycles. The molecule has 0 N–H and O–H groups in total. The number of aromatic nitrogens is 2. The highest BCUT2D eigenvalue weighted by Crippen LogP contribution is 2.18. The van der Waals surface area contributed by atoms with Crippen LogP contribution in [0.2, 0.25) is 0 Å². The molecule has 0 atom stereocenters. The van der Waals surface area contributed by atoms with Crippen LogP contribution in [0.15, 0.2) is 24.3 Å². The molecule has 2 rings (SSSR count). The predicted molar refractivity (Wildman–Crippen MR) is 99.0 cm³/mol. The second-order valence-electron chi connectivity index (χ2n) is 6.04. The predicted octanol–water partition coefficient (Wildman–Crippen LogP) is 6.16. The van der Waals surface area contributed by atoms with E-state index in [-0.39, 0.29) is 12.4 Å². The van der Waals surface area contributed by atoms with Gasteiger partial charge in [0.15, 0.2) is 0 Å². The maximum Gasteiger partial charge on any atom is 0.109 e. The van der Waals surface area contributed by atoms with Crippen molar-refractivity contribution in [1.29, 1.82) is 0 Å². The first kappa shape index (κ1) is 19.0. The van der Waals surface area contributed by atoms with Crippen LogP contribution in [-0.4, -0.2) is 9.55 Å². The Morgan fingerprint density at radius 2 is 1.55 bits per heavy atom. The monoisotopic (exact) mass is 322 g/mol. The molecule has 2 nitrogen and oxygen atoms in total. The van der Waals surface area contributed by atoms with Gasteiger partial charge in [0.1, 0.15) is 5.82 Å². The average Bonchev–Trinajstić information content (AvgIpc) is 2.84. The number of rotatable bonds is 10. The Morgan fingerprint density at radius 3 is 2.27 bits per heavy atom. The average molecular weight is 323 g/mol. The van der Waals surface area contributed by atoms with Crippen LogP contribution in [0.1, 0.15) is 71.0 Å². The molecule has 124 valence electrons. The third-order valence-electron chi connectivity index (χ3n) is 4.19. The van der Waals surface area contributed by atoms with Gasteiger partial charge in [0.25, 0.3) is 0 Å². The van der Waals surface area contributed by atoms with Crippen molar-refractivity contribution in [3.05, 3.63) is 30.1 Å². The molecule has 1 aromatic carbocycles. The summed E-state index contributed by atoms with van der Waals surface area (Å²) in [7, 11) is 0. The van der Waals surface area contributed by atoms with E-state index in [2.05, 4.69) is 42.7 Å². The van der Waals surface area contributed by atoms with Crippen molar-refractivity contribution in [2.45, 2.75) is 78.2 Å². The number of para-hydroxylation sites is 2. The fraction of sp³-hybridized carbons (Fsp3) is 0.632. The van der Waals surface area contributed by atoms with E-state index >= 15 is 0 Å². The maximum atomic E-state index is 4.80. The molecule has 3 heteroatoms. The molecule has 0 aliphatic heterocycles. The van der Waals surface area contributed by atoms with Crippen LogP contribution >= 0.6 is 12.4 Å². The second-order valence-corrected chi connectivity index (χ2v) is 6.04. The van der Waals surface area contributed by atoms with E-state index in [1.54, 1.807) is 0 Å². The summed E-state index contributed by atoms with van der Waals surface area (Å²) in [5.41, 5.74) is 2.47. The largest absolute Gasteiger partial charge is 0.328 e. The number of halogens is 1. The van der Waals surface area contributed by atoms with E-state index in [9.17, 15) is 0 Å². The van der Waals surface area contributed by atoms with Crippen molar-refractivity contribution in [3.8, 4) is 0 Å². The van der Waals surface area contributed by atoms with Crippen molar-refractivity contribution >= 4 is 23.4 Å². The SMILES string of the molecule is CCCCCCCCCn1c(CCC)nc2ccccc21.Cl. The summed E-state index contributed by atoms with van der Waals surface area (Å²) in [6.45, 7) is 5.64. The highest BCUT2D eigenvalue weighted by Gasteiger charge is 2.08. The van der Waals surface area contributed by atoms with Gasteiger partial charge < -0.3 is 4.57 Å². The molecule has 0 saturated heterocycles. The quantitative estimate of drug-likeness (QED) is 0.479. The lowest BCUT2D eigenvalue weighted by atomic mass is 10.1. The number of hydrogen-bond acceptors (Lipinski definition) is 1. The van der Waals surface area contributed by atoms with E-state index in [1.807, 2.05) is 0 Å². The number of benzene rings is 1. The maximum absolute atomic E-state index is 4.80. The molecule has 1 heterocycles. The summed E-state index contributed by atoms with van der Waals surface area (Å²) in [6, 6.07) is 8.56. The van der Waals surface area contributed by atoms with Gasteiger partial charge in [0, 0.05) is 13.0 Å². The Kier molecular flexibility index (Phi) is 9.22. The van der Waals surface area contributed by atoms with Gasteiger partial charge in [-0.25, -0.2) is 4.98 Å². The van der Waals surface area contributed by atoms with Gasteiger partial charge in [0.05, 0.1) is 11.0 Å². The van der Waals surface area contributed by atoms with Crippen molar-refractivity contribution in [1.82, 2.24) is 9.55 Å². The van der Waals surface area contributed by atoms with Crippen molar-refractivity contribution in [2.24, 2.45) is 0 Å². The highest BCUT2D eigenvalue weighted by atomic mass is 35.5. The van der Waals surface area contributed by atoms with Gasteiger partial charge in [-0.1, -0.05) is 64.5 Å². The van der Waals surface area contributed by atoms with Crippen LogP contribution < -0.4 is 0 Å². The van der Waals surface area contributed by atoms with Crippen LogP contribution in [0.25, 0.3) is 11.0 Å². The van der Waals surface area contributed by atoms with Crippen LogP contribution in [0, 0.1) is 0 Å². The van der Waals surface area contributed by atoms with Gasteiger partial charge in [-0.2, -0.15) is 0 Å². The van der Waals surface area contributed by atoms with Crippen molar-refractivity contribution in [3.63, 3.8) is 0 Å².